The highest BCUT2D eigenvalue weighted by atomic mass is 32.1. The van der Waals surface area contributed by atoms with Gasteiger partial charge in [0.05, 0.1) is 6.54 Å². The maximum atomic E-state index is 11.0. The third kappa shape index (κ3) is 4.69. The van der Waals surface area contributed by atoms with E-state index in [0.717, 1.165) is 11.9 Å². The van der Waals surface area contributed by atoms with Crippen LogP contribution in [0.5, 0.6) is 0 Å². The minimum atomic E-state index is -0.104. The Labute approximate surface area is 177 Å². The maximum Gasteiger partial charge on any atom is 0.217 e. The first-order valence-corrected chi connectivity index (χ1v) is 10.4. The van der Waals surface area contributed by atoms with Crippen molar-refractivity contribution < 1.29 is 9.21 Å². The molecule has 0 unspecified atom stereocenters. The molecule has 3 heterocycles. The molecule has 1 amide bonds. The van der Waals surface area contributed by atoms with Crippen LogP contribution in [0.2, 0.25) is 0 Å². The van der Waals surface area contributed by atoms with Crippen LogP contribution in [0.25, 0.3) is 22.4 Å². The van der Waals surface area contributed by atoms with E-state index >= 15 is 0 Å². The predicted molar refractivity (Wildman–Crippen MR) is 119 cm³/mol. The summed E-state index contributed by atoms with van der Waals surface area (Å²) in [6.45, 7) is 2.39. The number of aromatic nitrogens is 2. The largest absolute Gasteiger partial charge is 0.458 e. The molecule has 0 radical (unpaired) electrons. The van der Waals surface area contributed by atoms with Crippen molar-refractivity contribution in [1.82, 2.24) is 15.3 Å². The molecule has 30 heavy (non-hydrogen) atoms. The van der Waals surface area contributed by atoms with Crippen LogP contribution < -0.4 is 16.4 Å². The van der Waals surface area contributed by atoms with Gasteiger partial charge in [-0.15, -0.1) is 11.3 Å². The van der Waals surface area contributed by atoms with Gasteiger partial charge in [-0.1, -0.05) is 18.2 Å². The first-order valence-electron chi connectivity index (χ1n) is 9.49. The van der Waals surface area contributed by atoms with E-state index in [-0.39, 0.29) is 5.91 Å². The van der Waals surface area contributed by atoms with Crippen LogP contribution in [-0.4, -0.2) is 28.4 Å². The van der Waals surface area contributed by atoms with Gasteiger partial charge in [-0.25, -0.2) is 4.98 Å². The average molecular weight is 423 g/mol. The molecule has 154 valence electrons. The second kappa shape index (κ2) is 8.83. The highest BCUT2D eigenvalue weighted by molar-refractivity contribution is 7.14. The van der Waals surface area contributed by atoms with Gasteiger partial charge in [0, 0.05) is 35.9 Å². The number of nitrogens with zero attached hydrogens (tertiary/aromatic N) is 2. The monoisotopic (exact) mass is 422 g/mol. The number of hydrogen-bond donors (Lipinski definition) is 4. The van der Waals surface area contributed by atoms with Crippen LogP contribution in [0.4, 0.5) is 5.13 Å². The number of furan rings is 1. The van der Waals surface area contributed by atoms with Gasteiger partial charge in [0.15, 0.2) is 16.9 Å². The second-order valence-corrected chi connectivity index (χ2v) is 7.57. The lowest BCUT2D eigenvalue weighted by Crippen LogP contribution is -2.23. The molecular weight excluding hydrogens is 400 g/mol. The minimum absolute atomic E-state index is 0.104. The minimum Gasteiger partial charge on any atom is -0.458 e. The van der Waals surface area contributed by atoms with Crippen molar-refractivity contribution >= 4 is 39.2 Å². The number of rotatable bonds is 7. The number of benzene rings is 1. The number of fused-ring (bicyclic) bond motifs is 1. The number of carbonyl (C=O) groups excluding carboxylic acids is 1. The number of para-hydroxylation sites is 1. The van der Waals surface area contributed by atoms with Crippen LogP contribution in [-0.2, 0) is 17.8 Å². The third-order valence-electron chi connectivity index (χ3n) is 4.50. The standard InChI is InChI=1S/C21H22N6O2S/c1-13(28)24-11-15-6-7-19(29-15)18-12-30-21(26-18)27-20(22)23-9-8-14-10-25-17-5-3-2-4-16(14)17/h2-7,10,12,25H,8-9,11H2,1H3,(H,24,28)(H3,22,23,26,27). The molecule has 0 aliphatic carbocycles. The first-order chi connectivity index (χ1) is 14.6. The Morgan fingerprint density at radius 1 is 1.30 bits per heavy atom. The summed E-state index contributed by atoms with van der Waals surface area (Å²) < 4.78 is 5.72. The van der Waals surface area contributed by atoms with Gasteiger partial charge < -0.3 is 25.8 Å². The van der Waals surface area contributed by atoms with Crippen molar-refractivity contribution in [2.24, 2.45) is 10.7 Å². The fraction of sp³-hybridized carbons (Fsp3) is 0.190. The zero-order valence-corrected chi connectivity index (χ0v) is 17.3. The van der Waals surface area contributed by atoms with E-state index < -0.39 is 0 Å². The quantitative estimate of drug-likeness (QED) is 0.268. The molecule has 1 aromatic carbocycles. The highest BCUT2D eigenvalue weighted by Gasteiger charge is 2.10. The fourth-order valence-corrected chi connectivity index (χ4v) is 3.76. The van der Waals surface area contributed by atoms with E-state index in [1.807, 2.05) is 35.8 Å². The zero-order valence-electron chi connectivity index (χ0n) is 16.4. The van der Waals surface area contributed by atoms with E-state index in [2.05, 4.69) is 37.7 Å². The van der Waals surface area contributed by atoms with Gasteiger partial charge in [0.1, 0.15) is 11.5 Å². The van der Waals surface area contributed by atoms with Gasteiger partial charge >= 0.3 is 0 Å². The average Bonchev–Trinajstić information content (AvgIpc) is 3.46. The summed E-state index contributed by atoms with van der Waals surface area (Å²) in [5.41, 5.74) is 9.05. The summed E-state index contributed by atoms with van der Waals surface area (Å²) in [7, 11) is 0. The molecule has 0 saturated carbocycles. The molecule has 0 aliphatic rings. The number of nitrogens with two attached hydrogens (primary N) is 1. The Morgan fingerprint density at radius 2 is 2.17 bits per heavy atom. The smallest absolute Gasteiger partial charge is 0.217 e. The number of aromatic amines is 1. The topological polar surface area (TPSA) is 121 Å². The summed E-state index contributed by atoms with van der Waals surface area (Å²) in [6.07, 6.45) is 2.81. The van der Waals surface area contributed by atoms with Crippen molar-refractivity contribution in [3.8, 4) is 11.5 Å². The van der Waals surface area contributed by atoms with Gasteiger partial charge in [-0.05, 0) is 30.2 Å². The van der Waals surface area contributed by atoms with Gasteiger partial charge in [0.2, 0.25) is 5.91 Å². The third-order valence-corrected chi connectivity index (χ3v) is 5.26. The van der Waals surface area contributed by atoms with E-state index in [4.69, 9.17) is 10.2 Å². The molecule has 3 aromatic heterocycles. The molecule has 4 aromatic rings. The van der Waals surface area contributed by atoms with Crippen molar-refractivity contribution in [2.75, 3.05) is 11.9 Å². The summed E-state index contributed by atoms with van der Waals surface area (Å²) in [5.74, 6) is 1.52. The highest BCUT2D eigenvalue weighted by Crippen LogP contribution is 2.26. The molecular formula is C21H22N6O2S. The number of thiazole rings is 1. The number of aliphatic imine (C=N–C) groups is 1. The molecule has 9 heteroatoms. The predicted octanol–water partition coefficient (Wildman–Crippen LogP) is 3.49. The fourth-order valence-electron chi connectivity index (χ4n) is 3.05. The van der Waals surface area contributed by atoms with E-state index in [9.17, 15) is 4.79 Å². The van der Waals surface area contributed by atoms with Crippen molar-refractivity contribution in [3.05, 3.63) is 59.3 Å². The van der Waals surface area contributed by atoms with Gasteiger partial charge in [-0.3, -0.25) is 9.79 Å². The Hall–Kier alpha value is -3.59. The molecule has 8 nitrogen and oxygen atoms in total. The molecule has 5 N–H and O–H groups in total. The normalized spacial score (nSPS) is 11.7. The van der Waals surface area contributed by atoms with Gasteiger partial charge in [0.25, 0.3) is 0 Å². The lowest BCUT2D eigenvalue weighted by atomic mass is 10.1. The van der Waals surface area contributed by atoms with Crippen LogP contribution in [0, 0.1) is 0 Å². The van der Waals surface area contributed by atoms with Crippen LogP contribution in [0.3, 0.4) is 0 Å². The number of anilines is 1. The summed E-state index contributed by atoms with van der Waals surface area (Å²) >= 11 is 1.42. The first kappa shape index (κ1) is 19.7. The van der Waals surface area contributed by atoms with Crippen LogP contribution >= 0.6 is 11.3 Å². The molecule has 0 spiro atoms. The van der Waals surface area contributed by atoms with E-state index in [1.54, 1.807) is 0 Å². The van der Waals surface area contributed by atoms with Crippen molar-refractivity contribution in [1.29, 1.82) is 0 Å². The summed E-state index contributed by atoms with van der Waals surface area (Å²) in [4.78, 5) is 23.2. The van der Waals surface area contributed by atoms with Crippen molar-refractivity contribution in [2.45, 2.75) is 19.9 Å². The van der Waals surface area contributed by atoms with Crippen LogP contribution in [0.15, 0.2) is 57.4 Å². The molecule has 0 saturated heterocycles. The molecule has 0 atom stereocenters. The van der Waals surface area contributed by atoms with Crippen LogP contribution in [0.1, 0.15) is 18.2 Å². The lowest BCUT2D eigenvalue weighted by Gasteiger charge is -2.01. The Bertz CT molecular complexity index is 1190. The Morgan fingerprint density at radius 3 is 3.03 bits per heavy atom. The number of guanidine groups is 1. The number of nitrogens with one attached hydrogen (secondary N) is 3. The number of amides is 1. The van der Waals surface area contributed by atoms with Gasteiger partial charge in [-0.2, -0.15) is 0 Å². The Kier molecular flexibility index (Phi) is 5.80. The molecule has 0 bridgehead atoms. The second-order valence-electron chi connectivity index (χ2n) is 6.72. The maximum absolute atomic E-state index is 11.0. The summed E-state index contributed by atoms with van der Waals surface area (Å²) in [5, 5.41) is 9.45. The summed E-state index contributed by atoms with van der Waals surface area (Å²) in [6, 6.07) is 11.8. The molecule has 0 fully saturated rings. The number of H-pyrrole nitrogens is 1. The lowest BCUT2D eigenvalue weighted by molar-refractivity contribution is -0.119. The van der Waals surface area contributed by atoms with Crippen molar-refractivity contribution in [3.63, 3.8) is 0 Å². The number of carbonyl (C=O) groups is 1. The molecule has 4 rings (SSSR count). The number of hydrogen-bond acceptors (Lipinski definition) is 5. The zero-order chi connectivity index (χ0) is 20.9. The van der Waals surface area contributed by atoms with E-state index in [0.29, 0.717) is 41.4 Å². The Balaban J connectivity index is 1.33. The molecule has 0 aliphatic heterocycles. The SMILES string of the molecule is CC(=O)NCc1ccc(-c2csc(NC(N)=NCCc3c[nH]c4ccccc34)n2)o1. The van der Waals surface area contributed by atoms with E-state index in [1.165, 1.54) is 29.2 Å².